The van der Waals surface area contributed by atoms with Crippen LogP contribution in [-0.2, 0) is 10.2 Å². The van der Waals surface area contributed by atoms with Gasteiger partial charge in [0.2, 0.25) is 0 Å². The monoisotopic (exact) mass is 323 g/mol. The maximum Gasteiger partial charge on any atom is 0.281 e. The van der Waals surface area contributed by atoms with Gasteiger partial charge in [0.25, 0.3) is 10.2 Å². The van der Waals surface area contributed by atoms with Crippen LogP contribution in [0.5, 0.6) is 0 Å². The molecule has 0 radical (unpaired) electrons. The highest BCUT2D eigenvalue weighted by molar-refractivity contribution is 7.86. The largest absolute Gasteiger partial charge is 0.316 e. The van der Waals surface area contributed by atoms with Gasteiger partial charge in [0, 0.05) is 32.7 Å². The minimum atomic E-state index is -3.21. The van der Waals surface area contributed by atoms with Crippen LogP contribution in [-0.4, -0.2) is 56.3 Å². The molecule has 0 amide bonds. The molecule has 1 atom stereocenters. The lowest BCUT2D eigenvalue weighted by atomic mass is 9.80. The van der Waals surface area contributed by atoms with Gasteiger partial charge in [-0.25, -0.2) is 0 Å². The molecule has 3 saturated heterocycles. The van der Waals surface area contributed by atoms with E-state index in [-0.39, 0.29) is 17.8 Å². The van der Waals surface area contributed by atoms with Crippen LogP contribution in [0.4, 0.5) is 0 Å². The molecule has 0 aromatic carbocycles. The Labute approximate surface area is 128 Å². The molecular formula is C13H26ClN3O2S. The van der Waals surface area contributed by atoms with Crippen molar-refractivity contribution in [1.29, 1.82) is 0 Å². The lowest BCUT2D eigenvalue weighted by Crippen LogP contribution is -2.52. The average Bonchev–Trinajstić information content (AvgIpc) is 2.88. The van der Waals surface area contributed by atoms with Crippen molar-refractivity contribution in [2.75, 3.05) is 39.3 Å². The Balaban J connectivity index is 0.00000147. The highest BCUT2D eigenvalue weighted by atomic mass is 35.5. The van der Waals surface area contributed by atoms with Crippen LogP contribution < -0.4 is 5.32 Å². The first-order valence-corrected chi connectivity index (χ1v) is 8.98. The van der Waals surface area contributed by atoms with Crippen molar-refractivity contribution in [1.82, 2.24) is 13.9 Å². The van der Waals surface area contributed by atoms with Crippen LogP contribution in [0, 0.1) is 5.41 Å². The molecule has 1 spiro atoms. The standard InChI is InChI=1S/C13H25N3O2S.ClH/c17-19(18,15-8-2-1-3-9-15)16-10-4-5-13(12-16)6-7-14-11-13;/h14H,1-12H2;1H. The third-order valence-electron chi connectivity index (χ3n) is 4.93. The lowest BCUT2D eigenvalue weighted by molar-refractivity contribution is 0.157. The average molecular weight is 324 g/mol. The molecule has 1 unspecified atom stereocenters. The van der Waals surface area contributed by atoms with Gasteiger partial charge in [-0.2, -0.15) is 17.0 Å². The fraction of sp³-hybridized carbons (Fsp3) is 1.00. The molecule has 20 heavy (non-hydrogen) atoms. The van der Waals surface area contributed by atoms with Gasteiger partial charge in [-0.05, 0) is 44.1 Å². The van der Waals surface area contributed by atoms with Gasteiger partial charge in [0.15, 0.2) is 0 Å². The molecule has 0 saturated carbocycles. The third-order valence-corrected chi connectivity index (χ3v) is 6.91. The van der Waals surface area contributed by atoms with E-state index in [1.165, 1.54) is 12.8 Å². The Hall–Kier alpha value is 0.120. The molecule has 0 bridgehead atoms. The van der Waals surface area contributed by atoms with Crippen molar-refractivity contribution in [3.8, 4) is 0 Å². The fourth-order valence-corrected chi connectivity index (χ4v) is 5.61. The molecule has 118 valence electrons. The molecule has 3 rings (SSSR count). The van der Waals surface area contributed by atoms with Gasteiger partial charge in [0.1, 0.15) is 0 Å². The Morgan fingerprint density at radius 2 is 1.60 bits per heavy atom. The molecular weight excluding hydrogens is 298 g/mol. The number of rotatable bonds is 2. The van der Waals surface area contributed by atoms with Crippen LogP contribution in [0.3, 0.4) is 0 Å². The van der Waals surface area contributed by atoms with E-state index in [9.17, 15) is 8.42 Å². The van der Waals surface area contributed by atoms with E-state index in [2.05, 4.69) is 5.32 Å². The number of nitrogens with zero attached hydrogens (tertiary/aromatic N) is 2. The maximum atomic E-state index is 12.7. The van der Waals surface area contributed by atoms with Crippen LogP contribution >= 0.6 is 12.4 Å². The predicted molar refractivity (Wildman–Crippen MR) is 82.3 cm³/mol. The molecule has 3 aliphatic heterocycles. The van der Waals surface area contributed by atoms with Gasteiger partial charge in [0.05, 0.1) is 0 Å². The van der Waals surface area contributed by atoms with Crippen LogP contribution in [0.1, 0.15) is 38.5 Å². The summed E-state index contributed by atoms with van der Waals surface area (Å²) in [6, 6.07) is 0. The summed E-state index contributed by atoms with van der Waals surface area (Å²) in [5.74, 6) is 0. The second kappa shape index (κ2) is 6.48. The van der Waals surface area contributed by atoms with E-state index >= 15 is 0 Å². The van der Waals surface area contributed by atoms with Gasteiger partial charge < -0.3 is 5.32 Å². The maximum absolute atomic E-state index is 12.7. The van der Waals surface area contributed by atoms with Crippen LogP contribution in [0.15, 0.2) is 0 Å². The van der Waals surface area contributed by atoms with Crippen molar-refractivity contribution in [3.05, 3.63) is 0 Å². The van der Waals surface area contributed by atoms with E-state index in [4.69, 9.17) is 0 Å². The highest BCUT2D eigenvalue weighted by Gasteiger charge is 2.43. The Kier molecular flexibility index (Phi) is 5.34. The van der Waals surface area contributed by atoms with Gasteiger partial charge in [-0.15, -0.1) is 12.4 Å². The van der Waals surface area contributed by atoms with E-state index in [0.717, 1.165) is 45.3 Å². The quantitative estimate of drug-likeness (QED) is 0.831. The minimum Gasteiger partial charge on any atom is -0.316 e. The summed E-state index contributed by atoms with van der Waals surface area (Å²) in [6.07, 6.45) is 6.50. The molecule has 0 aromatic rings. The Morgan fingerprint density at radius 3 is 2.25 bits per heavy atom. The topological polar surface area (TPSA) is 52.7 Å². The molecule has 3 aliphatic rings. The van der Waals surface area contributed by atoms with Crippen molar-refractivity contribution >= 4 is 22.6 Å². The second-order valence-electron chi connectivity index (χ2n) is 6.33. The predicted octanol–water partition coefficient (Wildman–Crippen LogP) is 1.21. The lowest BCUT2D eigenvalue weighted by Gasteiger charge is -2.41. The van der Waals surface area contributed by atoms with Crippen molar-refractivity contribution < 1.29 is 8.42 Å². The van der Waals surface area contributed by atoms with Crippen molar-refractivity contribution in [2.45, 2.75) is 38.5 Å². The number of halogens is 1. The zero-order valence-corrected chi connectivity index (χ0v) is 13.6. The van der Waals surface area contributed by atoms with E-state index in [0.29, 0.717) is 19.6 Å². The van der Waals surface area contributed by atoms with Crippen molar-refractivity contribution in [2.24, 2.45) is 5.41 Å². The fourth-order valence-electron chi connectivity index (χ4n) is 3.76. The van der Waals surface area contributed by atoms with E-state index < -0.39 is 10.2 Å². The van der Waals surface area contributed by atoms with E-state index in [1.807, 2.05) is 0 Å². The van der Waals surface area contributed by atoms with Gasteiger partial charge in [-0.1, -0.05) is 6.42 Å². The zero-order chi connectivity index (χ0) is 13.3. The SMILES string of the molecule is Cl.O=S(=O)(N1CCCCC1)N1CCCC2(CCNC2)C1. The summed E-state index contributed by atoms with van der Waals surface area (Å²) in [5.41, 5.74) is 0.209. The summed E-state index contributed by atoms with van der Waals surface area (Å²) in [6.45, 7) is 4.88. The minimum absolute atomic E-state index is 0. The summed E-state index contributed by atoms with van der Waals surface area (Å²) in [7, 11) is -3.21. The smallest absolute Gasteiger partial charge is 0.281 e. The zero-order valence-electron chi connectivity index (χ0n) is 12.0. The molecule has 3 heterocycles. The number of hydrogen-bond donors (Lipinski definition) is 1. The van der Waals surface area contributed by atoms with Crippen LogP contribution in [0.2, 0.25) is 0 Å². The van der Waals surface area contributed by atoms with Gasteiger partial charge in [-0.3, -0.25) is 0 Å². The first kappa shape index (κ1) is 16.5. The highest BCUT2D eigenvalue weighted by Crippen LogP contribution is 2.37. The molecule has 3 fully saturated rings. The summed E-state index contributed by atoms with van der Waals surface area (Å²) < 4.78 is 28.9. The first-order chi connectivity index (χ1) is 9.12. The molecule has 1 N–H and O–H groups in total. The number of hydrogen-bond acceptors (Lipinski definition) is 3. The normalized spacial score (nSPS) is 33.2. The van der Waals surface area contributed by atoms with Crippen LogP contribution in [0.25, 0.3) is 0 Å². The summed E-state index contributed by atoms with van der Waals surface area (Å²) >= 11 is 0. The third kappa shape index (κ3) is 3.14. The molecule has 7 heteroatoms. The number of piperidine rings is 2. The summed E-state index contributed by atoms with van der Waals surface area (Å²) in [5, 5.41) is 3.40. The Morgan fingerprint density at radius 1 is 0.900 bits per heavy atom. The van der Waals surface area contributed by atoms with E-state index in [1.54, 1.807) is 8.61 Å². The summed E-state index contributed by atoms with van der Waals surface area (Å²) in [4.78, 5) is 0. The number of nitrogens with one attached hydrogen (secondary N) is 1. The molecule has 5 nitrogen and oxygen atoms in total. The Bertz CT molecular complexity index is 417. The van der Waals surface area contributed by atoms with Crippen molar-refractivity contribution in [3.63, 3.8) is 0 Å². The molecule has 0 aromatic heterocycles. The second-order valence-corrected chi connectivity index (χ2v) is 8.26. The van der Waals surface area contributed by atoms with Gasteiger partial charge >= 0.3 is 0 Å². The first-order valence-electron chi connectivity index (χ1n) is 7.58. The molecule has 0 aliphatic carbocycles.